The van der Waals surface area contributed by atoms with Crippen LogP contribution in [0.15, 0.2) is 6.20 Å². The summed E-state index contributed by atoms with van der Waals surface area (Å²) >= 11 is 0. The molecule has 21 heavy (non-hydrogen) atoms. The molecule has 1 N–H and O–H groups in total. The minimum atomic E-state index is -4.12. The molecule has 0 bridgehead atoms. The van der Waals surface area contributed by atoms with Crippen molar-refractivity contribution in [3.63, 3.8) is 0 Å². The normalized spacial score (nSPS) is 13.3. The van der Waals surface area contributed by atoms with E-state index in [1.807, 2.05) is 20.8 Å². The fourth-order valence-electron chi connectivity index (χ4n) is 2.41. The van der Waals surface area contributed by atoms with Crippen LogP contribution in [0.3, 0.4) is 0 Å². The van der Waals surface area contributed by atoms with Gasteiger partial charge in [0.25, 0.3) is 0 Å². The van der Waals surface area contributed by atoms with Crippen LogP contribution in [0, 0.1) is 13.8 Å². The summed E-state index contributed by atoms with van der Waals surface area (Å²) < 4.78 is 42.5. The zero-order valence-electron chi connectivity index (χ0n) is 13.0. The second-order valence-electron chi connectivity index (χ2n) is 5.16. The van der Waals surface area contributed by atoms with Crippen molar-refractivity contribution in [2.45, 2.75) is 52.3 Å². The van der Waals surface area contributed by atoms with Crippen LogP contribution in [0.25, 0.3) is 0 Å². The van der Waals surface area contributed by atoms with Crippen molar-refractivity contribution < 1.29 is 17.9 Å². The molecule has 0 fully saturated rings. The van der Waals surface area contributed by atoms with E-state index in [0.717, 1.165) is 22.6 Å². The van der Waals surface area contributed by atoms with Gasteiger partial charge in [0.1, 0.15) is 5.75 Å². The van der Waals surface area contributed by atoms with Crippen LogP contribution in [0.2, 0.25) is 0 Å². The topological polar surface area (TPSA) is 34.2 Å². The number of methoxy groups -OCH3 is 1. The number of halogens is 3. The highest BCUT2D eigenvalue weighted by atomic mass is 19.4. The van der Waals surface area contributed by atoms with Gasteiger partial charge in [-0.2, -0.15) is 13.2 Å². The summed E-state index contributed by atoms with van der Waals surface area (Å²) in [5, 5.41) is 3.10. The zero-order chi connectivity index (χ0) is 16.0. The van der Waals surface area contributed by atoms with Crippen molar-refractivity contribution in [1.29, 1.82) is 0 Å². The third-order valence-electron chi connectivity index (χ3n) is 3.46. The second-order valence-corrected chi connectivity index (χ2v) is 5.16. The van der Waals surface area contributed by atoms with Crippen LogP contribution < -0.4 is 10.1 Å². The van der Waals surface area contributed by atoms with Crippen LogP contribution in [-0.4, -0.2) is 30.9 Å². The maximum Gasteiger partial charge on any atom is 0.389 e. The molecule has 1 atom stereocenters. The van der Waals surface area contributed by atoms with E-state index in [9.17, 15) is 13.2 Å². The number of rotatable bonds is 7. The molecule has 0 saturated carbocycles. The lowest BCUT2D eigenvalue weighted by molar-refractivity contribution is -0.136. The van der Waals surface area contributed by atoms with Gasteiger partial charge in [0.05, 0.1) is 7.11 Å². The van der Waals surface area contributed by atoms with Crippen molar-refractivity contribution >= 4 is 0 Å². The average molecular weight is 304 g/mol. The number of nitrogens with one attached hydrogen (secondary N) is 1. The predicted octanol–water partition coefficient (Wildman–Crippen LogP) is 3.57. The number of aryl methyl sites for hydroxylation is 1. The van der Waals surface area contributed by atoms with E-state index in [2.05, 4.69) is 10.3 Å². The average Bonchev–Trinajstić information content (AvgIpc) is 2.39. The lowest BCUT2D eigenvalue weighted by Gasteiger charge is -2.20. The van der Waals surface area contributed by atoms with E-state index in [1.165, 1.54) is 0 Å². The highest BCUT2D eigenvalue weighted by Crippen LogP contribution is 2.27. The van der Waals surface area contributed by atoms with Gasteiger partial charge in [-0.3, -0.25) is 4.98 Å². The van der Waals surface area contributed by atoms with E-state index in [1.54, 1.807) is 13.3 Å². The lowest BCUT2D eigenvalue weighted by Crippen LogP contribution is -2.33. The first-order valence-electron chi connectivity index (χ1n) is 7.07. The molecule has 1 heterocycles. The Balaban J connectivity index is 2.84. The van der Waals surface area contributed by atoms with Gasteiger partial charge in [-0.05, 0) is 26.8 Å². The smallest absolute Gasteiger partial charge is 0.389 e. The summed E-state index contributed by atoms with van der Waals surface area (Å²) in [5.41, 5.74) is 2.60. The van der Waals surface area contributed by atoms with Crippen molar-refractivity contribution in [3.05, 3.63) is 23.0 Å². The lowest BCUT2D eigenvalue weighted by atomic mass is 10.0. The minimum absolute atomic E-state index is 0.0502. The molecular weight excluding hydrogens is 281 g/mol. The van der Waals surface area contributed by atoms with Gasteiger partial charge in [-0.1, -0.05) is 6.92 Å². The Morgan fingerprint density at radius 2 is 2.00 bits per heavy atom. The van der Waals surface area contributed by atoms with E-state index in [0.29, 0.717) is 13.0 Å². The van der Waals surface area contributed by atoms with Gasteiger partial charge in [-0.25, -0.2) is 0 Å². The van der Waals surface area contributed by atoms with Crippen LogP contribution >= 0.6 is 0 Å². The number of ether oxygens (including phenoxy) is 1. The molecule has 0 saturated heterocycles. The van der Waals surface area contributed by atoms with Crippen LogP contribution in [0.4, 0.5) is 13.2 Å². The molecule has 0 spiro atoms. The van der Waals surface area contributed by atoms with Gasteiger partial charge in [-0.15, -0.1) is 0 Å². The van der Waals surface area contributed by atoms with Crippen LogP contribution in [0.5, 0.6) is 5.75 Å². The first kappa shape index (κ1) is 17.8. The quantitative estimate of drug-likeness (QED) is 0.836. The van der Waals surface area contributed by atoms with E-state index < -0.39 is 12.6 Å². The molecule has 6 heteroatoms. The first-order valence-corrected chi connectivity index (χ1v) is 7.07. The van der Waals surface area contributed by atoms with Crippen LogP contribution in [0.1, 0.15) is 36.6 Å². The van der Waals surface area contributed by atoms with Gasteiger partial charge in [0.15, 0.2) is 0 Å². The Bertz CT molecular complexity index is 461. The van der Waals surface area contributed by atoms with Crippen LogP contribution in [-0.2, 0) is 6.42 Å². The van der Waals surface area contributed by atoms with Gasteiger partial charge < -0.3 is 10.1 Å². The molecule has 0 aromatic carbocycles. The molecule has 3 nitrogen and oxygen atoms in total. The van der Waals surface area contributed by atoms with Crippen molar-refractivity contribution in [2.75, 3.05) is 13.7 Å². The molecule has 1 aromatic rings. The fraction of sp³-hybridized carbons (Fsp3) is 0.667. The standard InChI is InChI=1S/C15H23F3N2O/c1-5-19-12(6-7-15(16,17)18)8-13-11(3)14(21-4)10(2)9-20-13/h9,12,19H,5-8H2,1-4H3. The van der Waals surface area contributed by atoms with Crippen molar-refractivity contribution in [3.8, 4) is 5.75 Å². The van der Waals surface area contributed by atoms with Gasteiger partial charge in [0.2, 0.25) is 0 Å². The number of aromatic nitrogens is 1. The molecule has 1 aromatic heterocycles. The van der Waals surface area contributed by atoms with E-state index >= 15 is 0 Å². The molecule has 0 aliphatic carbocycles. The number of alkyl halides is 3. The Labute approximate surface area is 123 Å². The summed E-state index contributed by atoms with van der Waals surface area (Å²) in [6.07, 6.45) is -2.69. The Morgan fingerprint density at radius 3 is 2.52 bits per heavy atom. The minimum Gasteiger partial charge on any atom is -0.496 e. The van der Waals surface area contributed by atoms with E-state index in [4.69, 9.17) is 4.74 Å². The second kappa shape index (κ2) is 7.64. The SMILES string of the molecule is CCNC(CCC(F)(F)F)Cc1ncc(C)c(OC)c1C. The molecule has 1 unspecified atom stereocenters. The van der Waals surface area contributed by atoms with Gasteiger partial charge >= 0.3 is 6.18 Å². The molecule has 1 rings (SSSR count). The summed E-state index contributed by atoms with van der Waals surface area (Å²) in [6, 6.07) is -0.241. The van der Waals surface area contributed by atoms with Crippen molar-refractivity contribution in [1.82, 2.24) is 10.3 Å². The van der Waals surface area contributed by atoms with Crippen molar-refractivity contribution in [2.24, 2.45) is 0 Å². The zero-order valence-corrected chi connectivity index (χ0v) is 13.0. The largest absolute Gasteiger partial charge is 0.496 e. The summed E-state index contributed by atoms with van der Waals surface area (Å²) in [5.74, 6) is 0.756. The maximum absolute atomic E-state index is 12.4. The number of nitrogens with zero attached hydrogens (tertiary/aromatic N) is 1. The highest BCUT2D eigenvalue weighted by molar-refractivity contribution is 5.41. The predicted molar refractivity (Wildman–Crippen MR) is 76.7 cm³/mol. The first-order chi connectivity index (χ1) is 9.78. The summed E-state index contributed by atoms with van der Waals surface area (Å²) in [4.78, 5) is 4.35. The number of pyridine rings is 1. The fourth-order valence-corrected chi connectivity index (χ4v) is 2.41. The number of likely N-dealkylation sites (N-methyl/N-ethyl adjacent to an activating group) is 1. The Kier molecular flexibility index (Phi) is 6.45. The molecule has 120 valence electrons. The highest BCUT2D eigenvalue weighted by Gasteiger charge is 2.28. The molecule has 0 amide bonds. The van der Waals surface area contributed by atoms with E-state index in [-0.39, 0.29) is 12.5 Å². The number of hydrogen-bond donors (Lipinski definition) is 1. The Morgan fingerprint density at radius 1 is 1.33 bits per heavy atom. The number of hydrogen-bond acceptors (Lipinski definition) is 3. The summed E-state index contributed by atoms with van der Waals surface area (Å²) in [6.45, 7) is 6.30. The molecule has 0 aliphatic rings. The molecular formula is C15H23F3N2O. The molecule has 0 aliphatic heterocycles. The monoisotopic (exact) mass is 304 g/mol. The molecule has 0 radical (unpaired) electrons. The third-order valence-corrected chi connectivity index (χ3v) is 3.46. The maximum atomic E-state index is 12.4. The summed E-state index contributed by atoms with van der Waals surface area (Å²) in [7, 11) is 1.59. The Hall–Kier alpha value is -1.30. The van der Waals surface area contributed by atoms with Gasteiger partial charge in [0, 0.05) is 41.9 Å². The third kappa shape index (κ3) is 5.53.